The van der Waals surface area contributed by atoms with Crippen molar-refractivity contribution in [2.75, 3.05) is 26.2 Å². The second-order valence-corrected chi connectivity index (χ2v) is 4.65. The van der Waals surface area contributed by atoms with E-state index >= 15 is 0 Å². The summed E-state index contributed by atoms with van der Waals surface area (Å²) in [7, 11) is 0. The fourth-order valence-corrected chi connectivity index (χ4v) is 2.46. The summed E-state index contributed by atoms with van der Waals surface area (Å²) in [6.07, 6.45) is 3.73. The highest BCUT2D eigenvalue weighted by atomic mass is 16.4. The molecule has 94 valence electrons. The van der Waals surface area contributed by atoms with Crippen LogP contribution in [-0.4, -0.2) is 48.2 Å². The molecule has 0 aliphatic carbocycles. The van der Waals surface area contributed by atoms with Crippen molar-refractivity contribution < 1.29 is 9.90 Å². The lowest BCUT2D eigenvalue weighted by Crippen LogP contribution is -2.45. The molecule has 1 aliphatic rings. The predicted octanol–water partition coefficient (Wildman–Crippen LogP) is 1.17. The third kappa shape index (κ3) is 4.10. The summed E-state index contributed by atoms with van der Waals surface area (Å²) in [5.74, 6) is 0.0434. The summed E-state index contributed by atoms with van der Waals surface area (Å²) < 4.78 is 0. The van der Waals surface area contributed by atoms with Crippen molar-refractivity contribution in [3.63, 3.8) is 0 Å². The van der Waals surface area contributed by atoms with Crippen molar-refractivity contribution in [3.8, 4) is 0 Å². The molecule has 2 atom stereocenters. The minimum absolute atomic E-state index is 0.412. The smallest absolute Gasteiger partial charge is 0.322 e. The predicted molar refractivity (Wildman–Crippen MR) is 64.6 cm³/mol. The van der Waals surface area contributed by atoms with Crippen molar-refractivity contribution in [3.05, 3.63) is 0 Å². The highest BCUT2D eigenvalue weighted by Crippen LogP contribution is 2.20. The Bertz CT molecular complexity index is 221. The molecule has 0 radical (unpaired) electrons. The van der Waals surface area contributed by atoms with Gasteiger partial charge in [0, 0.05) is 13.1 Å². The molecule has 1 fully saturated rings. The van der Waals surface area contributed by atoms with Crippen LogP contribution in [0.3, 0.4) is 0 Å². The molecule has 2 N–H and O–H groups in total. The maximum absolute atomic E-state index is 11.0. The third-order valence-electron chi connectivity index (χ3n) is 3.26. The Hall–Kier alpha value is -0.610. The van der Waals surface area contributed by atoms with Crippen LogP contribution < -0.4 is 5.32 Å². The van der Waals surface area contributed by atoms with Gasteiger partial charge in [0.1, 0.15) is 6.04 Å². The highest BCUT2D eigenvalue weighted by molar-refractivity contribution is 5.73. The first-order valence-corrected chi connectivity index (χ1v) is 6.35. The topological polar surface area (TPSA) is 52.6 Å². The molecule has 16 heavy (non-hydrogen) atoms. The van der Waals surface area contributed by atoms with Gasteiger partial charge >= 0.3 is 5.97 Å². The second-order valence-electron chi connectivity index (χ2n) is 4.65. The summed E-state index contributed by atoms with van der Waals surface area (Å²) in [6.45, 7) is 7.64. The number of likely N-dealkylation sites (tertiary alicyclic amines) is 1. The average molecular weight is 228 g/mol. The zero-order valence-electron chi connectivity index (χ0n) is 10.4. The minimum Gasteiger partial charge on any atom is -0.480 e. The zero-order valence-corrected chi connectivity index (χ0v) is 10.4. The molecule has 1 rings (SSSR count). The first-order valence-electron chi connectivity index (χ1n) is 6.35. The van der Waals surface area contributed by atoms with Crippen LogP contribution in [-0.2, 0) is 4.79 Å². The van der Waals surface area contributed by atoms with E-state index in [0.29, 0.717) is 13.1 Å². The number of hydrogen-bond donors (Lipinski definition) is 2. The Labute approximate surface area is 98.0 Å². The first kappa shape index (κ1) is 13.5. The van der Waals surface area contributed by atoms with Crippen molar-refractivity contribution in [2.45, 2.75) is 39.2 Å². The molecule has 0 spiro atoms. The van der Waals surface area contributed by atoms with E-state index in [0.717, 1.165) is 19.0 Å². The van der Waals surface area contributed by atoms with Gasteiger partial charge in [0.05, 0.1) is 0 Å². The zero-order chi connectivity index (χ0) is 12.0. The second kappa shape index (κ2) is 6.86. The Balaban J connectivity index is 2.33. The molecule has 1 heterocycles. The normalized spacial score (nSPS) is 23.5. The highest BCUT2D eigenvalue weighted by Gasteiger charge is 2.26. The number of carboxylic acid groups (broad SMARTS) is 1. The third-order valence-corrected chi connectivity index (χ3v) is 3.26. The molecule has 4 heteroatoms. The lowest BCUT2D eigenvalue weighted by Gasteiger charge is -2.21. The quantitative estimate of drug-likeness (QED) is 0.687. The van der Waals surface area contributed by atoms with Crippen LogP contribution in [0.5, 0.6) is 0 Å². The van der Waals surface area contributed by atoms with Crippen LogP contribution in [0.1, 0.15) is 33.1 Å². The Morgan fingerprint density at radius 3 is 2.88 bits per heavy atom. The fourth-order valence-electron chi connectivity index (χ4n) is 2.46. The number of carbonyl (C=O) groups is 1. The van der Waals surface area contributed by atoms with E-state index in [4.69, 9.17) is 5.11 Å². The number of nitrogens with one attached hydrogen (secondary N) is 1. The van der Waals surface area contributed by atoms with Crippen molar-refractivity contribution >= 4 is 5.97 Å². The van der Waals surface area contributed by atoms with Crippen molar-refractivity contribution in [2.24, 2.45) is 5.92 Å². The van der Waals surface area contributed by atoms with Crippen LogP contribution in [0.2, 0.25) is 0 Å². The van der Waals surface area contributed by atoms with E-state index in [2.05, 4.69) is 17.1 Å². The Morgan fingerprint density at radius 2 is 2.31 bits per heavy atom. The summed E-state index contributed by atoms with van der Waals surface area (Å²) >= 11 is 0. The molecule has 0 aromatic rings. The van der Waals surface area contributed by atoms with Crippen molar-refractivity contribution in [1.29, 1.82) is 0 Å². The van der Waals surface area contributed by atoms with E-state index in [9.17, 15) is 4.79 Å². The summed E-state index contributed by atoms with van der Waals surface area (Å²) in [5, 5.41) is 12.1. The Morgan fingerprint density at radius 1 is 1.56 bits per heavy atom. The van der Waals surface area contributed by atoms with Crippen LogP contribution >= 0.6 is 0 Å². The fraction of sp³-hybridized carbons (Fsp3) is 0.917. The molecule has 4 nitrogen and oxygen atoms in total. The molecule has 0 aromatic carbocycles. The molecule has 1 saturated heterocycles. The summed E-state index contributed by atoms with van der Waals surface area (Å²) in [6, 6.07) is -0.412. The number of carboxylic acids is 1. The summed E-state index contributed by atoms with van der Waals surface area (Å²) in [5.41, 5.74) is 0. The monoisotopic (exact) mass is 228 g/mol. The maximum atomic E-state index is 11.0. The molecule has 0 aromatic heterocycles. The molecule has 2 unspecified atom stereocenters. The number of aliphatic carboxylic acids is 1. The standard InChI is InChI=1S/C12H24N2O2/c1-3-5-10-6-7-14(8-10)9-11(12(15)16)13-4-2/h10-11,13H,3-9H2,1-2H3,(H,15,16). The van der Waals surface area contributed by atoms with Crippen LogP contribution in [0.4, 0.5) is 0 Å². The largest absolute Gasteiger partial charge is 0.480 e. The average Bonchev–Trinajstić information content (AvgIpc) is 2.65. The van der Waals surface area contributed by atoms with E-state index < -0.39 is 12.0 Å². The molecule has 1 aliphatic heterocycles. The lowest BCUT2D eigenvalue weighted by atomic mass is 10.0. The Kier molecular flexibility index (Phi) is 5.77. The molecular weight excluding hydrogens is 204 g/mol. The van der Waals surface area contributed by atoms with Gasteiger partial charge in [-0.25, -0.2) is 0 Å². The van der Waals surface area contributed by atoms with Gasteiger partial charge in [0.15, 0.2) is 0 Å². The van der Waals surface area contributed by atoms with E-state index in [1.54, 1.807) is 0 Å². The van der Waals surface area contributed by atoms with Crippen LogP contribution in [0.25, 0.3) is 0 Å². The van der Waals surface area contributed by atoms with Gasteiger partial charge in [-0.15, -0.1) is 0 Å². The minimum atomic E-state index is -0.735. The van der Waals surface area contributed by atoms with E-state index in [-0.39, 0.29) is 0 Å². The lowest BCUT2D eigenvalue weighted by molar-refractivity contribution is -0.139. The molecule has 0 bridgehead atoms. The van der Waals surface area contributed by atoms with Gasteiger partial charge in [0.2, 0.25) is 0 Å². The first-order chi connectivity index (χ1) is 7.67. The van der Waals surface area contributed by atoms with Gasteiger partial charge in [-0.1, -0.05) is 20.3 Å². The van der Waals surface area contributed by atoms with Gasteiger partial charge in [-0.3, -0.25) is 4.79 Å². The number of rotatable bonds is 7. The van der Waals surface area contributed by atoms with Crippen LogP contribution in [0.15, 0.2) is 0 Å². The number of hydrogen-bond acceptors (Lipinski definition) is 3. The molecule has 0 saturated carbocycles. The van der Waals surface area contributed by atoms with Gasteiger partial charge in [0.25, 0.3) is 0 Å². The van der Waals surface area contributed by atoms with E-state index in [1.165, 1.54) is 19.3 Å². The number of likely N-dealkylation sites (N-methyl/N-ethyl adjacent to an activating group) is 1. The summed E-state index contributed by atoms with van der Waals surface area (Å²) in [4.78, 5) is 13.3. The van der Waals surface area contributed by atoms with Gasteiger partial charge in [-0.2, -0.15) is 0 Å². The van der Waals surface area contributed by atoms with Crippen molar-refractivity contribution in [1.82, 2.24) is 10.2 Å². The van der Waals surface area contributed by atoms with Crippen LogP contribution in [0, 0.1) is 5.92 Å². The van der Waals surface area contributed by atoms with E-state index in [1.807, 2.05) is 6.92 Å². The maximum Gasteiger partial charge on any atom is 0.322 e. The number of nitrogens with zero attached hydrogens (tertiary/aromatic N) is 1. The van der Waals surface area contributed by atoms with Gasteiger partial charge < -0.3 is 15.3 Å². The SMILES string of the molecule is CCCC1CCN(CC(NCC)C(=O)O)C1. The molecular formula is C12H24N2O2. The van der Waals surface area contributed by atoms with Gasteiger partial charge in [-0.05, 0) is 31.8 Å². The molecule has 0 amide bonds.